The van der Waals surface area contributed by atoms with E-state index in [0.717, 1.165) is 36.6 Å². The van der Waals surface area contributed by atoms with E-state index < -0.39 is 0 Å². The van der Waals surface area contributed by atoms with E-state index in [2.05, 4.69) is 17.6 Å². The largest absolute Gasteiger partial charge is 0.355 e. The molecule has 2 N–H and O–H groups in total. The first kappa shape index (κ1) is 13.8. The van der Waals surface area contributed by atoms with E-state index >= 15 is 0 Å². The Morgan fingerprint density at radius 1 is 1.61 bits per heavy atom. The van der Waals surface area contributed by atoms with Crippen LogP contribution in [0.4, 0.5) is 0 Å². The van der Waals surface area contributed by atoms with Crippen LogP contribution < -0.4 is 10.6 Å². The Hall–Kier alpha value is -0.580. The lowest BCUT2D eigenvalue weighted by Gasteiger charge is -2.23. The Balaban J connectivity index is 1.89. The van der Waals surface area contributed by atoms with Gasteiger partial charge in [0.05, 0.1) is 10.9 Å². The number of hydrogen-bond acceptors (Lipinski definition) is 3. The minimum Gasteiger partial charge on any atom is -0.355 e. The first-order valence-corrected chi connectivity index (χ1v) is 7.68. The summed E-state index contributed by atoms with van der Waals surface area (Å²) < 4.78 is 0.851. The lowest BCUT2D eigenvalue weighted by Crippen LogP contribution is -2.36. The van der Waals surface area contributed by atoms with Gasteiger partial charge in [-0.15, -0.1) is 11.3 Å². The Morgan fingerprint density at radius 3 is 3.22 bits per heavy atom. The number of halogens is 1. The number of amides is 1. The minimum atomic E-state index is 0.0744. The number of rotatable bonds is 5. The Labute approximate surface area is 117 Å². The number of nitrogens with one attached hydrogen (secondary N) is 2. The number of fused-ring (bicyclic) bond motifs is 1. The second-order valence-corrected chi connectivity index (χ2v) is 6.37. The van der Waals surface area contributed by atoms with Crippen molar-refractivity contribution in [2.24, 2.45) is 0 Å². The quantitative estimate of drug-likeness (QED) is 0.874. The molecule has 1 aliphatic carbocycles. The third kappa shape index (κ3) is 3.46. The summed E-state index contributed by atoms with van der Waals surface area (Å²) in [7, 11) is 0. The van der Waals surface area contributed by atoms with Gasteiger partial charge in [-0.3, -0.25) is 4.79 Å². The van der Waals surface area contributed by atoms with Gasteiger partial charge in [0.1, 0.15) is 0 Å². The van der Waals surface area contributed by atoms with E-state index in [0.29, 0.717) is 6.54 Å². The minimum absolute atomic E-state index is 0.0744. The zero-order chi connectivity index (χ0) is 13.0. The zero-order valence-corrected chi connectivity index (χ0v) is 12.2. The Kier molecular flexibility index (Phi) is 5.03. The highest BCUT2D eigenvalue weighted by Gasteiger charge is 2.22. The van der Waals surface area contributed by atoms with E-state index in [4.69, 9.17) is 11.6 Å². The molecule has 1 aromatic heterocycles. The van der Waals surface area contributed by atoms with E-state index in [1.165, 1.54) is 10.4 Å². The molecule has 1 amide bonds. The molecule has 0 fully saturated rings. The first-order chi connectivity index (χ1) is 8.70. The molecular weight excluding hydrogens is 268 g/mol. The van der Waals surface area contributed by atoms with Gasteiger partial charge in [-0.05, 0) is 37.3 Å². The molecule has 18 heavy (non-hydrogen) atoms. The molecule has 0 saturated carbocycles. The van der Waals surface area contributed by atoms with Crippen LogP contribution in [0.5, 0.6) is 0 Å². The molecule has 3 nitrogen and oxygen atoms in total. The topological polar surface area (TPSA) is 41.1 Å². The van der Waals surface area contributed by atoms with E-state index in [-0.39, 0.29) is 11.9 Å². The van der Waals surface area contributed by atoms with E-state index in [1.807, 2.05) is 6.07 Å². The predicted octanol–water partition coefficient (Wildman–Crippen LogP) is 2.89. The monoisotopic (exact) mass is 286 g/mol. The lowest BCUT2D eigenvalue weighted by atomic mass is 9.94. The van der Waals surface area contributed by atoms with Gasteiger partial charge >= 0.3 is 0 Å². The maximum absolute atomic E-state index is 11.6. The molecule has 1 atom stereocenters. The average Bonchev–Trinajstić information content (AvgIpc) is 2.74. The summed E-state index contributed by atoms with van der Waals surface area (Å²) in [5, 5.41) is 6.21. The Morgan fingerprint density at radius 2 is 2.44 bits per heavy atom. The van der Waals surface area contributed by atoms with Crippen molar-refractivity contribution in [1.29, 1.82) is 0 Å². The van der Waals surface area contributed by atoms with Gasteiger partial charge in [0.15, 0.2) is 0 Å². The highest BCUT2D eigenvalue weighted by Crippen LogP contribution is 2.37. The molecule has 0 aromatic carbocycles. The van der Waals surface area contributed by atoms with Crippen LogP contribution in [0.1, 0.15) is 42.7 Å². The summed E-state index contributed by atoms with van der Waals surface area (Å²) >= 11 is 7.73. The fourth-order valence-electron chi connectivity index (χ4n) is 2.28. The van der Waals surface area contributed by atoms with Crippen LogP contribution in [0, 0.1) is 0 Å². The van der Waals surface area contributed by atoms with Crippen molar-refractivity contribution in [1.82, 2.24) is 10.6 Å². The first-order valence-electron chi connectivity index (χ1n) is 6.49. The van der Waals surface area contributed by atoms with Gasteiger partial charge in [0.25, 0.3) is 0 Å². The van der Waals surface area contributed by atoms with Crippen molar-refractivity contribution in [2.75, 3.05) is 13.1 Å². The third-order valence-corrected chi connectivity index (χ3v) is 4.50. The van der Waals surface area contributed by atoms with Gasteiger partial charge in [0.2, 0.25) is 5.91 Å². The molecular formula is C13H19ClN2OS. The van der Waals surface area contributed by atoms with Crippen LogP contribution in [-0.4, -0.2) is 19.0 Å². The summed E-state index contributed by atoms with van der Waals surface area (Å²) in [6.45, 7) is 3.19. The second-order valence-electron chi connectivity index (χ2n) is 4.60. The fourth-order valence-corrected chi connectivity index (χ4v) is 3.66. The highest BCUT2D eigenvalue weighted by atomic mass is 35.5. The van der Waals surface area contributed by atoms with Crippen LogP contribution in [0.25, 0.3) is 0 Å². The van der Waals surface area contributed by atoms with Gasteiger partial charge in [0, 0.05) is 17.5 Å². The van der Waals surface area contributed by atoms with Crippen LogP contribution in [0.3, 0.4) is 0 Å². The maximum Gasteiger partial charge on any atom is 0.233 e. The predicted molar refractivity (Wildman–Crippen MR) is 76.3 cm³/mol. The molecule has 0 radical (unpaired) electrons. The lowest BCUT2D eigenvalue weighted by molar-refractivity contribution is -0.120. The van der Waals surface area contributed by atoms with Crippen molar-refractivity contribution < 1.29 is 4.79 Å². The number of carbonyl (C=O) groups is 1. The van der Waals surface area contributed by atoms with Crippen molar-refractivity contribution in [2.45, 2.75) is 38.6 Å². The van der Waals surface area contributed by atoms with Crippen LogP contribution in [0.15, 0.2) is 6.07 Å². The average molecular weight is 287 g/mol. The standard InChI is InChI=1S/C13H19ClN2OS/c1-2-6-15-13(17)8-16-10-4-3-5-11-9(10)7-12(14)18-11/h7,10,16H,2-6,8H2,1H3,(H,15,17). The van der Waals surface area contributed by atoms with Crippen molar-refractivity contribution >= 4 is 28.8 Å². The summed E-state index contributed by atoms with van der Waals surface area (Å²) in [5.74, 6) is 0.0744. The summed E-state index contributed by atoms with van der Waals surface area (Å²) in [4.78, 5) is 12.9. The van der Waals surface area contributed by atoms with Crippen LogP contribution in [0.2, 0.25) is 4.34 Å². The molecule has 0 spiro atoms. The molecule has 2 rings (SSSR count). The van der Waals surface area contributed by atoms with Gasteiger partial charge in [-0.25, -0.2) is 0 Å². The molecule has 1 aromatic rings. The number of carbonyl (C=O) groups excluding carboxylic acids is 1. The molecule has 100 valence electrons. The molecule has 0 aliphatic heterocycles. The van der Waals surface area contributed by atoms with Gasteiger partial charge < -0.3 is 10.6 Å². The summed E-state index contributed by atoms with van der Waals surface area (Å²) in [6, 6.07) is 2.33. The molecule has 1 heterocycles. The summed E-state index contributed by atoms with van der Waals surface area (Å²) in [6.07, 6.45) is 4.34. The van der Waals surface area contributed by atoms with Crippen molar-refractivity contribution in [3.63, 3.8) is 0 Å². The SMILES string of the molecule is CCCNC(=O)CNC1CCCc2sc(Cl)cc21. The van der Waals surface area contributed by atoms with Crippen molar-refractivity contribution in [3.8, 4) is 0 Å². The van der Waals surface area contributed by atoms with Crippen LogP contribution >= 0.6 is 22.9 Å². The van der Waals surface area contributed by atoms with Gasteiger partial charge in [-0.1, -0.05) is 18.5 Å². The maximum atomic E-state index is 11.6. The number of hydrogen-bond donors (Lipinski definition) is 2. The second kappa shape index (κ2) is 6.55. The van der Waals surface area contributed by atoms with E-state index in [9.17, 15) is 4.79 Å². The third-order valence-electron chi connectivity index (χ3n) is 3.16. The zero-order valence-electron chi connectivity index (χ0n) is 10.6. The molecule has 1 unspecified atom stereocenters. The highest BCUT2D eigenvalue weighted by molar-refractivity contribution is 7.16. The smallest absolute Gasteiger partial charge is 0.233 e. The van der Waals surface area contributed by atoms with Crippen LogP contribution in [-0.2, 0) is 11.2 Å². The molecule has 0 saturated heterocycles. The number of thiophene rings is 1. The Bertz CT molecular complexity index is 419. The number of aryl methyl sites for hydroxylation is 1. The molecule has 0 bridgehead atoms. The fraction of sp³-hybridized carbons (Fsp3) is 0.615. The summed E-state index contributed by atoms with van der Waals surface area (Å²) in [5.41, 5.74) is 1.29. The normalized spacial score (nSPS) is 18.4. The molecule has 1 aliphatic rings. The van der Waals surface area contributed by atoms with Gasteiger partial charge in [-0.2, -0.15) is 0 Å². The molecule has 5 heteroatoms. The van der Waals surface area contributed by atoms with Crippen molar-refractivity contribution in [3.05, 3.63) is 20.8 Å². The van der Waals surface area contributed by atoms with E-state index in [1.54, 1.807) is 11.3 Å².